The van der Waals surface area contributed by atoms with Crippen LogP contribution in [0.25, 0.3) is 0 Å². The highest BCUT2D eigenvalue weighted by molar-refractivity contribution is 6.25. The molecule has 3 rings (SSSR count). The first-order valence-corrected chi connectivity index (χ1v) is 8.36. The minimum atomic E-state index is -1.36. The lowest BCUT2D eigenvalue weighted by molar-refractivity contribution is -0.122. The van der Waals surface area contributed by atoms with Gasteiger partial charge in [0.25, 0.3) is 17.7 Å². The first kappa shape index (κ1) is 19.0. The average molecular weight is 384 g/mol. The number of carbonyl (C=O) groups excluding carboxylic acids is 4. The zero-order valence-corrected chi connectivity index (χ0v) is 14.6. The number of imide groups is 1. The number of furan rings is 1. The third-order valence-electron chi connectivity index (χ3n) is 4.35. The number of nitrogens with one attached hydrogen (secondary N) is 1. The molecular formula is C18H16N4O6. The topological polar surface area (TPSA) is 152 Å². The fourth-order valence-corrected chi connectivity index (χ4v) is 3.03. The normalized spacial score (nSPS) is 13.9. The Labute approximate surface area is 158 Å². The molecule has 2 heterocycles. The third-order valence-corrected chi connectivity index (χ3v) is 4.35. The molecule has 0 aliphatic carbocycles. The standard InChI is InChI=1S/C18H16N4O6/c19-16(24)13(6-7-14(23)21-27)22-17(25)11-4-1-5-12(15(11)18(22)26)20-9-10-3-2-8-28-10/h1-5,8,13,20H,6-7,9H2,(H2,19,24). The molecule has 0 bridgehead atoms. The molecule has 2 aromatic rings. The van der Waals surface area contributed by atoms with E-state index in [4.69, 9.17) is 10.2 Å². The van der Waals surface area contributed by atoms with Gasteiger partial charge in [-0.15, -0.1) is 4.91 Å². The summed E-state index contributed by atoms with van der Waals surface area (Å²) in [7, 11) is 0. The molecule has 0 saturated heterocycles. The molecule has 1 aromatic heterocycles. The highest BCUT2D eigenvalue weighted by Gasteiger charge is 2.43. The van der Waals surface area contributed by atoms with Gasteiger partial charge >= 0.3 is 0 Å². The molecule has 1 aromatic carbocycles. The lowest BCUT2D eigenvalue weighted by Crippen LogP contribution is -2.48. The molecule has 0 radical (unpaired) electrons. The summed E-state index contributed by atoms with van der Waals surface area (Å²) in [5.74, 6) is -2.74. The van der Waals surface area contributed by atoms with Crippen LogP contribution in [0.5, 0.6) is 0 Å². The van der Waals surface area contributed by atoms with Crippen molar-refractivity contribution in [1.29, 1.82) is 0 Å². The number of primary amides is 1. The number of carbonyl (C=O) groups is 4. The fraction of sp³-hybridized carbons (Fsp3) is 0.222. The van der Waals surface area contributed by atoms with Crippen LogP contribution in [-0.2, 0) is 16.1 Å². The maximum atomic E-state index is 12.9. The fourth-order valence-electron chi connectivity index (χ4n) is 3.03. The van der Waals surface area contributed by atoms with Crippen molar-refractivity contribution in [2.24, 2.45) is 10.9 Å². The molecule has 10 heteroatoms. The predicted molar refractivity (Wildman–Crippen MR) is 96.0 cm³/mol. The van der Waals surface area contributed by atoms with Crippen LogP contribution in [0.3, 0.4) is 0 Å². The van der Waals surface area contributed by atoms with Crippen molar-refractivity contribution in [3.05, 3.63) is 58.4 Å². The zero-order valence-electron chi connectivity index (χ0n) is 14.6. The van der Waals surface area contributed by atoms with Crippen LogP contribution in [0.2, 0.25) is 0 Å². The Morgan fingerprint density at radius 1 is 1.18 bits per heavy atom. The number of amides is 4. The van der Waals surface area contributed by atoms with Crippen LogP contribution in [-0.4, -0.2) is 34.6 Å². The van der Waals surface area contributed by atoms with E-state index in [1.165, 1.54) is 12.3 Å². The molecule has 0 fully saturated rings. The number of nitrogens with zero attached hydrogens (tertiary/aromatic N) is 2. The summed E-state index contributed by atoms with van der Waals surface area (Å²) in [6.07, 6.45) is 0.824. The Morgan fingerprint density at radius 2 is 1.96 bits per heavy atom. The Hall–Kier alpha value is -3.82. The van der Waals surface area contributed by atoms with Gasteiger partial charge in [0.2, 0.25) is 5.91 Å². The molecule has 1 unspecified atom stereocenters. The van der Waals surface area contributed by atoms with Crippen molar-refractivity contribution in [2.45, 2.75) is 25.4 Å². The van der Waals surface area contributed by atoms with E-state index in [1.807, 2.05) is 0 Å². The van der Waals surface area contributed by atoms with Gasteiger partial charge < -0.3 is 15.5 Å². The van der Waals surface area contributed by atoms with E-state index in [-0.39, 0.29) is 24.1 Å². The maximum absolute atomic E-state index is 12.9. The van der Waals surface area contributed by atoms with Crippen molar-refractivity contribution in [3.8, 4) is 0 Å². The molecule has 0 saturated carbocycles. The molecule has 0 spiro atoms. The van der Waals surface area contributed by atoms with Gasteiger partial charge in [0.15, 0.2) is 0 Å². The van der Waals surface area contributed by atoms with Gasteiger partial charge in [0.1, 0.15) is 11.8 Å². The van der Waals surface area contributed by atoms with Gasteiger partial charge in [-0.3, -0.25) is 24.1 Å². The highest BCUT2D eigenvalue weighted by atomic mass is 16.3. The van der Waals surface area contributed by atoms with Crippen molar-refractivity contribution in [2.75, 3.05) is 5.32 Å². The van der Waals surface area contributed by atoms with E-state index in [9.17, 15) is 24.1 Å². The van der Waals surface area contributed by atoms with Crippen molar-refractivity contribution >= 4 is 29.3 Å². The Balaban J connectivity index is 1.87. The summed E-state index contributed by atoms with van der Waals surface area (Å²) >= 11 is 0. The van der Waals surface area contributed by atoms with Crippen LogP contribution in [0.15, 0.2) is 46.2 Å². The number of fused-ring (bicyclic) bond motifs is 1. The Morgan fingerprint density at radius 3 is 2.61 bits per heavy atom. The molecule has 1 aliphatic rings. The van der Waals surface area contributed by atoms with Crippen molar-refractivity contribution < 1.29 is 23.6 Å². The Bertz CT molecular complexity index is 953. The molecule has 1 atom stereocenters. The second-order valence-corrected chi connectivity index (χ2v) is 6.08. The van der Waals surface area contributed by atoms with E-state index >= 15 is 0 Å². The predicted octanol–water partition coefficient (Wildman–Crippen LogP) is 1.41. The minimum absolute atomic E-state index is 0.102. The van der Waals surface area contributed by atoms with E-state index in [2.05, 4.69) is 10.5 Å². The van der Waals surface area contributed by atoms with Gasteiger partial charge in [0, 0.05) is 17.3 Å². The first-order valence-electron chi connectivity index (χ1n) is 8.36. The number of nitroso groups, excluding NO2 is 1. The second-order valence-electron chi connectivity index (χ2n) is 6.08. The lowest BCUT2D eigenvalue weighted by Gasteiger charge is -2.22. The summed E-state index contributed by atoms with van der Waals surface area (Å²) in [6.45, 7) is 0.281. The summed E-state index contributed by atoms with van der Waals surface area (Å²) in [5.41, 5.74) is 5.94. The summed E-state index contributed by atoms with van der Waals surface area (Å²) < 4.78 is 5.23. The number of anilines is 1. The number of nitrogens with two attached hydrogens (primary N) is 1. The van der Waals surface area contributed by atoms with Gasteiger partial charge in [-0.25, -0.2) is 0 Å². The van der Waals surface area contributed by atoms with E-state index in [0.717, 1.165) is 4.90 Å². The number of rotatable bonds is 8. The number of hydrogen-bond acceptors (Lipinski definition) is 7. The van der Waals surface area contributed by atoms with Crippen LogP contribution >= 0.6 is 0 Å². The molecule has 144 valence electrons. The van der Waals surface area contributed by atoms with Crippen molar-refractivity contribution in [3.63, 3.8) is 0 Å². The number of hydrogen-bond donors (Lipinski definition) is 2. The van der Waals surface area contributed by atoms with Gasteiger partial charge in [-0.2, -0.15) is 0 Å². The van der Waals surface area contributed by atoms with Crippen LogP contribution in [0.1, 0.15) is 39.3 Å². The monoisotopic (exact) mass is 384 g/mol. The van der Waals surface area contributed by atoms with Gasteiger partial charge in [-0.1, -0.05) is 6.07 Å². The Kier molecular flexibility index (Phi) is 5.30. The minimum Gasteiger partial charge on any atom is -0.467 e. The van der Waals surface area contributed by atoms with E-state index in [0.29, 0.717) is 11.4 Å². The van der Waals surface area contributed by atoms with Gasteiger partial charge in [0.05, 0.1) is 23.9 Å². The number of benzene rings is 1. The average Bonchev–Trinajstić information content (AvgIpc) is 3.28. The zero-order chi connectivity index (χ0) is 20.3. The molecule has 28 heavy (non-hydrogen) atoms. The largest absolute Gasteiger partial charge is 0.467 e. The molecule has 10 nitrogen and oxygen atoms in total. The lowest BCUT2D eigenvalue weighted by atomic mass is 10.1. The van der Waals surface area contributed by atoms with Crippen molar-refractivity contribution in [1.82, 2.24) is 4.90 Å². The molecule has 1 aliphatic heterocycles. The summed E-state index contributed by atoms with van der Waals surface area (Å²) in [6, 6.07) is 6.78. The smallest absolute Gasteiger partial charge is 0.286 e. The highest BCUT2D eigenvalue weighted by Crippen LogP contribution is 2.32. The first-order chi connectivity index (χ1) is 13.4. The van der Waals surface area contributed by atoms with Crippen LogP contribution in [0, 0.1) is 4.91 Å². The summed E-state index contributed by atoms with van der Waals surface area (Å²) in [4.78, 5) is 59.6. The van der Waals surface area contributed by atoms with E-state index in [1.54, 1.807) is 24.3 Å². The SMILES string of the molecule is NC(=O)C(CCC(=O)N=O)N1C(=O)c2cccc(NCc3ccco3)c2C1=O. The van der Waals surface area contributed by atoms with E-state index < -0.39 is 36.1 Å². The summed E-state index contributed by atoms with van der Waals surface area (Å²) in [5, 5.41) is 5.26. The van der Waals surface area contributed by atoms with Gasteiger partial charge in [-0.05, 0) is 30.7 Å². The molecule has 4 amide bonds. The second kappa shape index (κ2) is 7.82. The van der Waals surface area contributed by atoms with Crippen LogP contribution < -0.4 is 11.1 Å². The third kappa shape index (κ3) is 3.52. The molecule has 3 N–H and O–H groups in total. The van der Waals surface area contributed by atoms with Crippen LogP contribution in [0.4, 0.5) is 5.69 Å². The molecular weight excluding hydrogens is 368 g/mol. The quantitative estimate of drug-likeness (QED) is 0.515. The maximum Gasteiger partial charge on any atom is 0.286 e.